The van der Waals surface area contributed by atoms with Gasteiger partial charge >= 0.3 is 0 Å². The number of ether oxygens (including phenoxy) is 2. The molecule has 8 heteroatoms. The molecule has 0 saturated heterocycles. The summed E-state index contributed by atoms with van der Waals surface area (Å²) in [4.78, 5) is 15.1. The Morgan fingerprint density at radius 3 is 2.86 bits per heavy atom. The van der Waals surface area contributed by atoms with Crippen LogP contribution < -0.4 is 9.47 Å². The number of carbonyl (C=O) groups is 1. The first kappa shape index (κ1) is 18.3. The van der Waals surface area contributed by atoms with Crippen LogP contribution in [-0.2, 0) is 4.79 Å². The van der Waals surface area contributed by atoms with Crippen molar-refractivity contribution in [2.24, 2.45) is 5.10 Å². The number of fused-ring (bicyclic) bond motifs is 1. The van der Waals surface area contributed by atoms with Gasteiger partial charge in [0.1, 0.15) is 24.7 Å². The number of hydrogen-bond acceptors (Lipinski definition) is 7. The van der Waals surface area contributed by atoms with E-state index < -0.39 is 0 Å². The summed E-state index contributed by atoms with van der Waals surface area (Å²) in [6.45, 7) is 1.10. The SMILES string of the molecule is O=C(CSc1ccc2c(c1)OCCO2)N1N=C(c2ccco2)C[C@@H]1c1cccs1. The zero-order valence-electron chi connectivity index (χ0n) is 15.4. The number of nitrogens with zero attached hydrogens (tertiary/aromatic N) is 2. The van der Waals surface area contributed by atoms with E-state index in [9.17, 15) is 4.79 Å². The summed E-state index contributed by atoms with van der Waals surface area (Å²) in [6, 6.07) is 13.4. The second kappa shape index (κ2) is 7.96. The maximum atomic E-state index is 13.0. The van der Waals surface area contributed by atoms with Crippen LogP contribution >= 0.6 is 23.1 Å². The Morgan fingerprint density at radius 1 is 1.17 bits per heavy atom. The second-order valence-electron chi connectivity index (χ2n) is 6.59. The van der Waals surface area contributed by atoms with E-state index in [0.29, 0.717) is 25.4 Å². The Kier molecular flexibility index (Phi) is 5.03. The molecule has 1 aromatic carbocycles. The third kappa shape index (κ3) is 3.77. The smallest absolute Gasteiger partial charge is 0.253 e. The molecule has 1 atom stereocenters. The van der Waals surface area contributed by atoms with Gasteiger partial charge in [0.25, 0.3) is 5.91 Å². The second-order valence-corrected chi connectivity index (χ2v) is 8.62. The lowest BCUT2D eigenvalue weighted by Crippen LogP contribution is -2.28. The molecule has 0 bridgehead atoms. The van der Waals surface area contributed by atoms with Crippen LogP contribution in [0, 0.1) is 0 Å². The lowest BCUT2D eigenvalue weighted by Gasteiger charge is -2.21. The van der Waals surface area contributed by atoms with Crippen LogP contribution in [0.3, 0.4) is 0 Å². The maximum Gasteiger partial charge on any atom is 0.253 e. The molecule has 0 aliphatic carbocycles. The topological polar surface area (TPSA) is 64.3 Å². The number of amides is 1. The fourth-order valence-corrected chi connectivity index (χ4v) is 4.95. The Labute approximate surface area is 176 Å². The summed E-state index contributed by atoms with van der Waals surface area (Å²) in [5.74, 6) is 2.43. The molecule has 1 amide bonds. The quantitative estimate of drug-likeness (QED) is 0.559. The van der Waals surface area contributed by atoms with E-state index in [1.165, 1.54) is 11.8 Å². The molecule has 148 valence electrons. The number of thioether (sulfide) groups is 1. The number of hydrazone groups is 1. The van der Waals surface area contributed by atoms with Crippen molar-refractivity contribution < 1.29 is 18.7 Å². The largest absolute Gasteiger partial charge is 0.486 e. The number of thiophene rings is 1. The molecule has 0 radical (unpaired) electrons. The van der Waals surface area contributed by atoms with Crippen molar-refractivity contribution in [1.82, 2.24) is 5.01 Å². The van der Waals surface area contributed by atoms with Crippen molar-refractivity contribution in [2.75, 3.05) is 19.0 Å². The molecule has 0 N–H and O–H groups in total. The minimum absolute atomic E-state index is 0.0372. The molecule has 3 aromatic rings. The molecule has 0 spiro atoms. The maximum absolute atomic E-state index is 13.0. The monoisotopic (exact) mass is 426 g/mol. The van der Waals surface area contributed by atoms with Crippen LogP contribution in [0.2, 0.25) is 0 Å². The first-order chi connectivity index (χ1) is 14.3. The highest BCUT2D eigenvalue weighted by molar-refractivity contribution is 8.00. The van der Waals surface area contributed by atoms with Gasteiger partial charge in [0.05, 0.1) is 18.1 Å². The molecule has 0 fully saturated rings. The summed E-state index contributed by atoms with van der Waals surface area (Å²) in [6.07, 6.45) is 2.27. The van der Waals surface area contributed by atoms with Crippen molar-refractivity contribution >= 4 is 34.7 Å². The summed E-state index contributed by atoms with van der Waals surface area (Å²) in [5, 5.41) is 8.23. The van der Waals surface area contributed by atoms with Crippen LogP contribution in [0.25, 0.3) is 0 Å². The third-order valence-electron chi connectivity index (χ3n) is 4.72. The molecular weight excluding hydrogens is 408 g/mol. The first-order valence-electron chi connectivity index (χ1n) is 9.27. The van der Waals surface area contributed by atoms with Gasteiger partial charge in [-0.05, 0) is 41.8 Å². The van der Waals surface area contributed by atoms with Gasteiger partial charge in [-0.2, -0.15) is 5.10 Å². The van der Waals surface area contributed by atoms with Crippen molar-refractivity contribution in [1.29, 1.82) is 0 Å². The van der Waals surface area contributed by atoms with Crippen LogP contribution in [0.15, 0.2) is 68.5 Å². The van der Waals surface area contributed by atoms with E-state index >= 15 is 0 Å². The lowest BCUT2D eigenvalue weighted by atomic mass is 10.1. The highest BCUT2D eigenvalue weighted by atomic mass is 32.2. The highest BCUT2D eigenvalue weighted by Gasteiger charge is 2.34. The summed E-state index contributed by atoms with van der Waals surface area (Å²) in [7, 11) is 0. The Bertz CT molecular complexity index is 1030. The molecular formula is C21H18N2O4S2. The summed E-state index contributed by atoms with van der Waals surface area (Å²) < 4.78 is 16.7. The predicted octanol–water partition coefficient (Wildman–Crippen LogP) is 4.58. The Balaban J connectivity index is 1.32. The zero-order valence-corrected chi connectivity index (χ0v) is 17.1. The third-order valence-corrected chi connectivity index (χ3v) is 6.67. The van der Waals surface area contributed by atoms with E-state index in [4.69, 9.17) is 13.9 Å². The molecule has 4 heterocycles. The molecule has 2 aliphatic heterocycles. The van der Waals surface area contributed by atoms with Gasteiger partial charge in [-0.25, -0.2) is 5.01 Å². The number of carbonyl (C=O) groups excluding carboxylic acids is 1. The van der Waals surface area contributed by atoms with Gasteiger partial charge < -0.3 is 13.9 Å². The van der Waals surface area contributed by atoms with Crippen molar-refractivity contribution in [3.05, 3.63) is 64.7 Å². The van der Waals surface area contributed by atoms with E-state index in [0.717, 1.165) is 27.0 Å². The Morgan fingerprint density at radius 2 is 2.07 bits per heavy atom. The number of furan rings is 1. The molecule has 29 heavy (non-hydrogen) atoms. The van der Waals surface area contributed by atoms with Crippen LogP contribution in [-0.4, -0.2) is 35.6 Å². The van der Waals surface area contributed by atoms with Gasteiger partial charge in [-0.3, -0.25) is 4.79 Å². The van der Waals surface area contributed by atoms with E-state index in [2.05, 4.69) is 5.10 Å². The van der Waals surface area contributed by atoms with E-state index in [1.807, 2.05) is 47.8 Å². The standard InChI is InChI=1S/C21H18N2O4S2/c24-21(13-29-14-5-6-18-19(11-14)27-9-8-26-18)23-16(20-4-2-10-28-20)12-15(22-23)17-3-1-7-25-17/h1-7,10-11,16H,8-9,12-13H2/t16-/m1/s1. The average molecular weight is 427 g/mol. The van der Waals surface area contributed by atoms with Gasteiger partial charge in [0.2, 0.25) is 0 Å². The van der Waals surface area contributed by atoms with Gasteiger partial charge in [-0.15, -0.1) is 23.1 Å². The molecule has 0 unspecified atom stereocenters. The van der Waals surface area contributed by atoms with Crippen LogP contribution in [0.1, 0.15) is 23.1 Å². The molecule has 2 aromatic heterocycles. The first-order valence-corrected chi connectivity index (χ1v) is 11.1. The van der Waals surface area contributed by atoms with Gasteiger partial charge in [-0.1, -0.05) is 6.07 Å². The average Bonchev–Trinajstić information content (AvgIpc) is 3.52. The van der Waals surface area contributed by atoms with Crippen LogP contribution in [0.4, 0.5) is 0 Å². The minimum Gasteiger partial charge on any atom is -0.486 e. The molecule has 0 saturated carbocycles. The highest BCUT2D eigenvalue weighted by Crippen LogP contribution is 2.37. The minimum atomic E-state index is -0.0940. The Hall–Kier alpha value is -2.71. The van der Waals surface area contributed by atoms with Crippen molar-refractivity contribution in [3.63, 3.8) is 0 Å². The number of rotatable bonds is 5. The van der Waals surface area contributed by atoms with Crippen LogP contribution in [0.5, 0.6) is 11.5 Å². The zero-order chi connectivity index (χ0) is 19.6. The van der Waals surface area contributed by atoms with Crippen molar-refractivity contribution in [2.45, 2.75) is 17.4 Å². The lowest BCUT2D eigenvalue weighted by molar-refractivity contribution is -0.130. The number of benzene rings is 1. The van der Waals surface area contributed by atoms with Gasteiger partial charge in [0, 0.05) is 16.2 Å². The number of hydrogen-bond donors (Lipinski definition) is 0. The predicted molar refractivity (Wildman–Crippen MR) is 112 cm³/mol. The van der Waals surface area contributed by atoms with E-state index in [-0.39, 0.29) is 17.7 Å². The fraction of sp³-hybridized carbons (Fsp3) is 0.238. The van der Waals surface area contributed by atoms with Crippen molar-refractivity contribution in [3.8, 4) is 11.5 Å². The molecule has 6 nitrogen and oxygen atoms in total. The normalized spacial score (nSPS) is 18.0. The van der Waals surface area contributed by atoms with Gasteiger partial charge in [0.15, 0.2) is 11.5 Å². The van der Waals surface area contributed by atoms with E-state index in [1.54, 1.807) is 22.6 Å². The fourth-order valence-electron chi connectivity index (χ4n) is 3.36. The molecule has 2 aliphatic rings. The summed E-state index contributed by atoms with van der Waals surface area (Å²) >= 11 is 3.11. The summed E-state index contributed by atoms with van der Waals surface area (Å²) in [5.41, 5.74) is 0.797. The molecule has 5 rings (SSSR count).